The summed E-state index contributed by atoms with van der Waals surface area (Å²) in [6.07, 6.45) is 1.31. The van der Waals surface area contributed by atoms with Gasteiger partial charge < -0.3 is 10.2 Å². The third kappa shape index (κ3) is 3.90. The number of carbonyl (C=O) groups is 2. The zero-order chi connectivity index (χ0) is 18.7. The number of anilines is 1. The lowest BCUT2D eigenvalue weighted by atomic mass is 9.96. The van der Waals surface area contributed by atoms with Gasteiger partial charge in [-0.15, -0.1) is 0 Å². The van der Waals surface area contributed by atoms with E-state index in [0.717, 1.165) is 0 Å². The van der Waals surface area contributed by atoms with Crippen molar-refractivity contribution >= 4 is 17.5 Å². The minimum absolute atomic E-state index is 0.0166. The average molecular weight is 358 g/mol. The van der Waals surface area contributed by atoms with Crippen LogP contribution in [0.3, 0.4) is 0 Å². The molecule has 1 N–H and O–H groups in total. The van der Waals surface area contributed by atoms with E-state index in [1.807, 2.05) is 0 Å². The molecule has 1 aliphatic rings. The number of carbonyl (C=O) groups excluding carboxylic acids is 2. The van der Waals surface area contributed by atoms with E-state index in [4.69, 9.17) is 0 Å². The molecular weight excluding hydrogens is 338 g/mol. The molecule has 2 aromatic carbocycles. The smallest absolute Gasteiger partial charge is 0.256 e. The summed E-state index contributed by atoms with van der Waals surface area (Å²) in [6.45, 7) is 2.44. The number of nitrogens with one attached hydrogen (secondary N) is 1. The number of benzene rings is 2. The Labute approximate surface area is 150 Å². The van der Waals surface area contributed by atoms with Crippen LogP contribution in [0.25, 0.3) is 0 Å². The molecule has 6 heteroatoms. The van der Waals surface area contributed by atoms with Crippen molar-refractivity contribution in [3.05, 3.63) is 65.2 Å². The number of hydrogen-bond donors (Lipinski definition) is 1. The van der Waals surface area contributed by atoms with Gasteiger partial charge in [-0.25, -0.2) is 8.78 Å². The van der Waals surface area contributed by atoms with Gasteiger partial charge in [0.25, 0.3) is 5.91 Å². The highest BCUT2D eigenvalue weighted by Gasteiger charge is 2.30. The van der Waals surface area contributed by atoms with Crippen molar-refractivity contribution < 1.29 is 18.4 Å². The first-order valence-electron chi connectivity index (χ1n) is 8.56. The minimum Gasteiger partial charge on any atom is -0.338 e. The third-order valence-electron chi connectivity index (χ3n) is 4.63. The first kappa shape index (κ1) is 18.0. The molecule has 0 spiro atoms. The van der Waals surface area contributed by atoms with Crippen LogP contribution in [0.1, 0.15) is 28.8 Å². The van der Waals surface area contributed by atoms with Crippen LogP contribution in [-0.2, 0) is 4.79 Å². The molecule has 4 nitrogen and oxygen atoms in total. The monoisotopic (exact) mass is 358 g/mol. The number of amides is 2. The van der Waals surface area contributed by atoms with Crippen molar-refractivity contribution in [1.82, 2.24) is 4.90 Å². The maximum atomic E-state index is 13.9. The summed E-state index contributed by atoms with van der Waals surface area (Å²) in [7, 11) is 0. The van der Waals surface area contributed by atoms with Crippen LogP contribution in [0.2, 0.25) is 0 Å². The van der Waals surface area contributed by atoms with Gasteiger partial charge in [-0.1, -0.05) is 12.1 Å². The average Bonchev–Trinajstić information content (AvgIpc) is 2.64. The number of piperidine rings is 1. The molecule has 1 aliphatic heterocycles. The normalized spacial score (nSPS) is 17.0. The molecule has 3 rings (SSSR count). The molecule has 1 saturated heterocycles. The van der Waals surface area contributed by atoms with E-state index in [1.54, 1.807) is 13.0 Å². The number of aryl methyl sites for hydroxylation is 1. The first-order chi connectivity index (χ1) is 12.5. The van der Waals surface area contributed by atoms with E-state index in [-0.39, 0.29) is 29.8 Å². The predicted octanol–water partition coefficient (Wildman–Crippen LogP) is 3.76. The van der Waals surface area contributed by atoms with Crippen molar-refractivity contribution in [3.63, 3.8) is 0 Å². The highest BCUT2D eigenvalue weighted by atomic mass is 19.1. The molecule has 2 aromatic rings. The van der Waals surface area contributed by atoms with Crippen LogP contribution in [0.15, 0.2) is 42.5 Å². The van der Waals surface area contributed by atoms with Gasteiger partial charge in [-0.05, 0) is 55.7 Å². The number of rotatable bonds is 3. The third-order valence-corrected chi connectivity index (χ3v) is 4.63. The van der Waals surface area contributed by atoms with E-state index in [9.17, 15) is 18.4 Å². The number of hydrogen-bond acceptors (Lipinski definition) is 2. The van der Waals surface area contributed by atoms with Crippen molar-refractivity contribution in [2.45, 2.75) is 19.8 Å². The highest BCUT2D eigenvalue weighted by molar-refractivity contribution is 5.96. The summed E-state index contributed by atoms with van der Waals surface area (Å²) in [5, 5.41) is 2.80. The summed E-state index contributed by atoms with van der Waals surface area (Å²) in [4.78, 5) is 26.6. The Balaban J connectivity index is 1.69. The molecule has 0 radical (unpaired) electrons. The lowest BCUT2D eigenvalue weighted by molar-refractivity contribution is -0.121. The van der Waals surface area contributed by atoms with Crippen molar-refractivity contribution in [2.75, 3.05) is 18.4 Å². The number of likely N-dealkylation sites (tertiary alicyclic amines) is 1. The standard InChI is InChI=1S/C20H20F2N2O2/c1-13-11-15(21)8-9-18(13)23-19(25)14-5-4-10-24(12-14)20(26)16-6-2-3-7-17(16)22/h2-3,6-9,11,14H,4-5,10,12H2,1H3,(H,23,25). The fourth-order valence-corrected chi connectivity index (χ4v) is 3.18. The van der Waals surface area contributed by atoms with Gasteiger partial charge in [0.1, 0.15) is 11.6 Å². The van der Waals surface area contributed by atoms with E-state index in [1.165, 1.54) is 41.3 Å². The molecular formula is C20H20F2N2O2. The van der Waals surface area contributed by atoms with E-state index >= 15 is 0 Å². The molecule has 0 saturated carbocycles. The van der Waals surface area contributed by atoms with Crippen LogP contribution < -0.4 is 5.32 Å². The van der Waals surface area contributed by atoms with Gasteiger partial charge in [0.2, 0.25) is 5.91 Å². The summed E-state index contributed by atoms with van der Waals surface area (Å²) in [6, 6.07) is 10.0. The summed E-state index contributed by atoms with van der Waals surface area (Å²) >= 11 is 0. The Morgan fingerprint density at radius 3 is 2.65 bits per heavy atom. The molecule has 136 valence electrons. The van der Waals surface area contributed by atoms with Gasteiger partial charge in [-0.3, -0.25) is 9.59 Å². The molecule has 0 aliphatic carbocycles. The van der Waals surface area contributed by atoms with Gasteiger partial charge in [0, 0.05) is 18.8 Å². The Bertz CT molecular complexity index is 838. The van der Waals surface area contributed by atoms with Crippen LogP contribution in [0.4, 0.5) is 14.5 Å². The zero-order valence-corrected chi connectivity index (χ0v) is 14.5. The lowest BCUT2D eigenvalue weighted by Gasteiger charge is -2.32. The second-order valence-corrected chi connectivity index (χ2v) is 6.52. The Morgan fingerprint density at radius 1 is 1.15 bits per heavy atom. The Hall–Kier alpha value is -2.76. The molecule has 26 heavy (non-hydrogen) atoms. The summed E-state index contributed by atoms with van der Waals surface area (Å²) in [5.74, 6) is -1.93. The molecule has 1 fully saturated rings. The molecule has 1 heterocycles. The molecule has 0 aromatic heterocycles. The maximum absolute atomic E-state index is 13.9. The topological polar surface area (TPSA) is 49.4 Å². The summed E-state index contributed by atoms with van der Waals surface area (Å²) < 4.78 is 27.0. The maximum Gasteiger partial charge on any atom is 0.256 e. The van der Waals surface area contributed by atoms with Gasteiger partial charge >= 0.3 is 0 Å². The first-order valence-corrected chi connectivity index (χ1v) is 8.56. The summed E-state index contributed by atoms with van der Waals surface area (Å²) in [5.41, 5.74) is 1.20. The SMILES string of the molecule is Cc1cc(F)ccc1NC(=O)C1CCCN(C(=O)c2ccccc2F)C1. The van der Waals surface area contributed by atoms with E-state index in [0.29, 0.717) is 30.6 Å². The van der Waals surface area contributed by atoms with Gasteiger partial charge in [0.05, 0.1) is 11.5 Å². The highest BCUT2D eigenvalue weighted by Crippen LogP contribution is 2.23. The minimum atomic E-state index is -0.564. The Morgan fingerprint density at radius 2 is 1.92 bits per heavy atom. The van der Waals surface area contributed by atoms with Gasteiger partial charge in [-0.2, -0.15) is 0 Å². The second-order valence-electron chi connectivity index (χ2n) is 6.52. The van der Waals surface area contributed by atoms with Gasteiger partial charge in [0.15, 0.2) is 0 Å². The Kier molecular flexibility index (Phi) is 5.30. The van der Waals surface area contributed by atoms with Crippen molar-refractivity contribution in [2.24, 2.45) is 5.92 Å². The van der Waals surface area contributed by atoms with Crippen LogP contribution in [0, 0.1) is 24.5 Å². The predicted molar refractivity (Wildman–Crippen MR) is 94.8 cm³/mol. The second kappa shape index (κ2) is 7.64. The molecule has 1 unspecified atom stereocenters. The number of nitrogens with zero attached hydrogens (tertiary/aromatic N) is 1. The molecule has 0 bridgehead atoms. The van der Waals surface area contributed by atoms with Crippen LogP contribution in [0.5, 0.6) is 0 Å². The van der Waals surface area contributed by atoms with E-state index < -0.39 is 11.7 Å². The van der Waals surface area contributed by atoms with Crippen LogP contribution >= 0.6 is 0 Å². The fraction of sp³-hybridized carbons (Fsp3) is 0.300. The largest absolute Gasteiger partial charge is 0.338 e. The van der Waals surface area contributed by atoms with E-state index in [2.05, 4.69) is 5.32 Å². The van der Waals surface area contributed by atoms with Crippen LogP contribution in [-0.4, -0.2) is 29.8 Å². The zero-order valence-electron chi connectivity index (χ0n) is 14.5. The quantitative estimate of drug-likeness (QED) is 0.908. The molecule has 1 atom stereocenters. The van der Waals surface area contributed by atoms with Crippen molar-refractivity contribution in [3.8, 4) is 0 Å². The van der Waals surface area contributed by atoms with Crippen molar-refractivity contribution in [1.29, 1.82) is 0 Å². The molecule has 2 amide bonds. The number of halogens is 2. The fourth-order valence-electron chi connectivity index (χ4n) is 3.18. The lowest BCUT2D eigenvalue weighted by Crippen LogP contribution is -2.44.